The lowest BCUT2D eigenvalue weighted by Gasteiger charge is -2.37. The number of carbonyl (C=O) groups excluding carboxylic acids is 1. The molecule has 7 heteroatoms. The van der Waals surface area contributed by atoms with Gasteiger partial charge in [-0.15, -0.1) is 0 Å². The smallest absolute Gasteiger partial charge is 0.308 e. The highest BCUT2D eigenvalue weighted by atomic mass is 16.5. The molecule has 150 valence electrons. The number of likely N-dealkylation sites (tertiary alicyclic amines) is 1. The molecule has 1 aliphatic heterocycles. The van der Waals surface area contributed by atoms with Crippen molar-refractivity contribution < 1.29 is 19.2 Å². The second-order valence-electron chi connectivity index (χ2n) is 8.66. The summed E-state index contributed by atoms with van der Waals surface area (Å²) in [5.74, 6) is -0.536. The van der Waals surface area contributed by atoms with Crippen LogP contribution in [0.15, 0.2) is 28.8 Å². The Balaban J connectivity index is 1.81. The number of amides is 1. The lowest BCUT2D eigenvalue weighted by atomic mass is 9.89. The van der Waals surface area contributed by atoms with E-state index in [1.54, 1.807) is 30.0 Å². The van der Waals surface area contributed by atoms with Crippen molar-refractivity contribution in [2.24, 2.45) is 11.3 Å². The molecule has 1 saturated heterocycles. The summed E-state index contributed by atoms with van der Waals surface area (Å²) < 4.78 is 5.35. The van der Waals surface area contributed by atoms with Crippen LogP contribution in [0.4, 0.5) is 0 Å². The van der Waals surface area contributed by atoms with Crippen LogP contribution in [0.5, 0.6) is 0 Å². The van der Waals surface area contributed by atoms with Crippen molar-refractivity contribution in [3.8, 4) is 11.4 Å². The lowest BCUT2D eigenvalue weighted by molar-refractivity contribution is -0.144. The quantitative estimate of drug-likeness (QED) is 0.863. The van der Waals surface area contributed by atoms with Gasteiger partial charge >= 0.3 is 5.97 Å². The van der Waals surface area contributed by atoms with Crippen LogP contribution in [0.1, 0.15) is 56.8 Å². The number of piperidine rings is 1. The van der Waals surface area contributed by atoms with Gasteiger partial charge in [-0.2, -0.15) is 4.98 Å². The third-order valence-corrected chi connectivity index (χ3v) is 5.08. The molecule has 7 nitrogen and oxygen atoms in total. The Morgan fingerprint density at radius 1 is 1.32 bits per heavy atom. The maximum Gasteiger partial charge on any atom is 0.308 e. The number of hydrogen-bond donors (Lipinski definition) is 1. The molecular weight excluding hydrogens is 358 g/mol. The molecule has 0 bridgehead atoms. The number of carboxylic acid groups (broad SMARTS) is 1. The van der Waals surface area contributed by atoms with Crippen LogP contribution >= 0.6 is 0 Å². The van der Waals surface area contributed by atoms with E-state index in [1.165, 1.54) is 0 Å². The summed E-state index contributed by atoms with van der Waals surface area (Å²) in [6.07, 6.45) is 1.95. The highest BCUT2D eigenvalue weighted by Crippen LogP contribution is 2.27. The number of aromatic nitrogens is 2. The first-order valence-corrected chi connectivity index (χ1v) is 9.62. The Kier molecular flexibility index (Phi) is 5.54. The van der Waals surface area contributed by atoms with Crippen molar-refractivity contribution >= 4 is 11.9 Å². The zero-order chi connectivity index (χ0) is 20.5. The fourth-order valence-electron chi connectivity index (χ4n) is 3.61. The van der Waals surface area contributed by atoms with Crippen LogP contribution in [0.3, 0.4) is 0 Å². The van der Waals surface area contributed by atoms with Crippen LogP contribution < -0.4 is 0 Å². The third-order valence-electron chi connectivity index (χ3n) is 5.08. The van der Waals surface area contributed by atoms with E-state index in [0.29, 0.717) is 48.6 Å². The highest BCUT2D eigenvalue weighted by Gasteiger charge is 2.35. The SMILES string of the molecule is C[C@@H]1[C@H](C(=O)O)CCCN1C(=O)c1cccc(-c2noc(CC(C)(C)C)n2)c1. The second kappa shape index (κ2) is 7.73. The minimum Gasteiger partial charge on any atom is -0.481 e. The van der Waals surface area contributed by atoms with Crippen LogP contribution in [-0.2, 0) is 11.2 Å². The Morgan fingerprint density at radius 3 is 2.75 bits per heavy atom. The van der Waals surface area contributed by atoms with Gasteiger partial charge < -0.3 is 14.5 Å². The van der Waals surface area contributed by atoms with E-state index in [1.807, 2.05) is 6.07 Å². The third kappa shape index (κ3) is 4.40. The van der Waals surface area contributed by atoms with Gasteiger partial charge in [-0.25, -0.2) is 0 Å². The van der Waals surface area contributed by atoms with Crippen LogP contribution in [-0.4, -0.2) is 44.6 Å². The summed E-state index contributed by atoms with van der Waals surface area (Å²) in [6.45, 7) is 8.66. The molecular formula is C21H27N3O4. The Morgan fingerprint density at radius 2 is 2.07 bits per heavy atom. The molecule has 1 N–H and O–H groups in total. The lowest BCUT2D eigenvalue weighted by Crippen LogP contribution is -2.49. The molecule has 0 spiro atoms. The van der Waals surface area contributed by atoms with Crippen molar-refractivity contribution in [1.82, 2.24) is 15.0 Å². The van der Waals surface area contributed by atoms with E-state index in [9.17, 15) is 14.7 Å². The van der Waals surface area contributed by atoms with Crippen molar-refractivity contribution in [3.63, 3.8) is 0 Å². The van der Waals surface area contributed by atoms with Gasteiger partial charge in [-0.05, 0) is 37.3 Å². The van der Waals surface area contributed by atoms with Crippen LogP contribution in [0.25, 0.3) is 11.4 Å². The number of rotatable bonds is 4. The van der Waals surface area contributed by atoms with Crippen LogP contribution in [0, 0.1) is 11.3 Å². The topological polar surface area (TPSA) is 96.5 Å². The van der Waals surface area contributed by atoms with E-state index in [0.717, 1.165) is 0 Å². The summed E-state index contributed by atoms with van der Waals surface area (Å²) in [5, 5.41) is 13.4. The van der Waals surface area contributed by atoms with Crippen LogP contribution in [0.2, 0.25) is 0 Å². The Labute approximate surface area is 164 Å². The van der Waals surface area contributed by atoms with E-state index < -0.39 is 11.9 Å². The Bertz CT molecular complexity index is 869. The van der Waals surface area contributed by atoms with Crippen molar-refractivity contribution in [3.05, 3.63) is 35.7 Å². The molecule has 2 heterocycles. The summed E-state index contributed by atoms with van der Waals surface area (Å²) in [7, 11) is 0. The van der Waals surface area contributed by atoms with E-state index >= 15 is 0 Å². The van der Waals surface area contributed by atoms with Gasteiger partial charge in [-0.3, -0.25) is 9.59 Å². The maximum absolute atomic E-state index is 13.0. The molecule has 1 aliphatic rings. The predicted molar refractivity (Wildman–Crippen MR) is 104 cm³/mol. The van der Waals surface area contributed by atoms with Gasteiger partial charge in [0.15, 0.2) is 0 Å². The zero-order valence-corrected chi connectivity index (χ0v) is 16.8. The van der Waals surface area contributed by atoms with Gasteiger partial charge in [0, 0.05) is 30.1 Å². The van der Waals surface area contributed by atoms with Crippen molar-refractivity contribution in [2.45, 2.75) is 53.0 Å². The molecule has 1 fully saturated rings. The fraction of sp³-hybridized carbons (Fsp3) is 0.524. The molecule has 2 atom stereocenters. The number of carbonyl (C=O) groups is 2. The number of benzene rings is 1. The normalized spacial score (nSPS) is 20.2. The molecule has 0 unspecified atom stereocenters. The minimum atomic E-state index is -0.850. The monoisotopic (exact) mass is 385 g/mol. The second-order valence-corrected chi connectivity index (χ2v) is 8.66. The molecule has 3 rings (SSSR count). The maximum atomic E-state index is 13.0. The van der Waals surface area contributed by atoms with Gasteiger partial charge in [0.05, 0.1) is 5.92 Å². The summed E-state index contributed by atoms with van der Waals surface area (Å²) in [6, 6.07) is 6.75. The molecule has 2 aromatic rings. The number of carboxylic acids is 1. The summed E-state index contributed by atoms with van der Waals surface area (Å²) >= 11 is 0. The molecule has 1 amide bonds. The van der Waals surface area contributed by atoms with Gasteiger partial charge in [0.25, 0.3) is 5.91 Å². The molecule has 1 aromatic carbocycles. The first-order valence-electron chi connectivity index (χ1n) is 9.62. The standard InChI is InChI=1S/C21H27N3O4/c1-13-16(20(26)27)9-6-10-24(13)19(25)15-8-5-7-14(11-15)18-22-17(28-23-18)12-21(2,3)4/h5,7-8,11,13,16H,6,9-10,12H2,1-4H3,(H,26,27)/t13-,16-/m1/s1. The molecule has 0 aliphatic carbocycles. The first-order chi connectivity index (χ1) is 13.2. The zero-order valence-electron chi connectivity index (χ0n) is 16.8. The Hall–Kier alpha value is -2.70. The number of hydrogen-bond acceptors (Lipinski definition) is 5. The predicted octanol–water partition coefficient (Wildman–Crippen LogP) is 3.65. The summed E-state index contributed by atoms with van der Waals surface area (Å²) in [5.41, 5.74) is 1.24. The van der Waals surface area contributed by atoms with Crippen molar-refractivity contribution in [1.29, 1.82) is 0 Å². The average Bonchev–Trinajstić information content (AvgIpc) is 3.08. The average molecular weight is 385 g/mol. The molecule has 28 heavy (non-hydrogen) atoms. The van der Waals surface area contributed by atoms with E-state index in [-0.39, 0.29) is 17.4 Å². The van der Waals surface area contributed by atoms with Gasteiger partial charge in [0.2, 0.25) is 11.7 Å². The number of aliphatic carboxylic acids is 1. The molecule has 0 radical (unpaired) electrons. The summed E-state index contributed by atoms with van der Waals surface area (Å²) in [4.78, 5) is 30.6. The van der Waals surface area contributed by atoms with Gasteiger partial charge in [0.1, 0.15) is 0 Å². The van der Waals surface area contributed by atoms with E-state index in [2.05, 4.69) is 30.9 Å². The van der Waals surface area contributed by atoms with E-state index in [4.69, 9.17) is 4.52 Å². The van der Waals surface area contributed by atoms with Crippen molar-refractivity contribution in [2.75, 3.05) is 6.54 Å². The minimum absolute atomic E-state index is 0.0344. The number of nitrogens with zero attached hydrogens (tertiary/aromatic N) is 3. The largest absolute Gasteiger partial charge is 0.481 e. The van der Waals surface area contributed by atoms with Gasteiger partial charge in [-0.1, -0.05) is 38.1 Å². The highest BCUT2D eigenvalue weighted by molar-refractivity contribution is 5.96. The molecule has 0 saturated carbocycles. The first kappa shape index (κ1) is 20.0. The molecule has 1 aromatic heterocycles. The fourth-order valence-corrected chi connectivity index (χ4v) is 3.61.